The van der Waals surface area contributed by atoms with E-state index in [1.807, 2.05) is 6.92 Å². The second kappa shape index (κ2) is 7.78. The molecule has 27 heavy (non-hydrogen) atoms. The van der Waals surface area contributed by atoms with Crippen LogP contribution in [0.2, 0.25) is 0 Å². The van der Waals surface area contributed by atoms with Gasteiger partial charge in [0.15, 0.2) is 0 Å². The monoisotopic (exact) mass is 390 g/mol. The average Bonchev–Trinajstić information content (AvgIpc) is 2.65. The van der Waals surface area contributed by atoms with E-state index in [4.69, 9.17) is 0 Å². The molecule has 0 saturated carbocycles. The van der Waals surface area contributed by atoms with Gasteiger partial charge in [0.25, 0.3) is 5.91 Å². The minimum Gasteiger partial charge on any atom is -0.322 e. The summed E-state index contributed by atoms with van der Waals surface area (Å²) in [6, 6.07) is 10.3. The number of carbonyl (C=O) groups is 1. The molecule has 0 aliphatic carbocycles. The Morgan fingerprint density at radius 1 is 1.19 bits per heavy atom. The molecule has 1 amide bonds. The molecule has 5 nitrogen and oxygen atoms in total. The highest BCUT2D eigenvalue weighted by molar-refractivity contribution is 7.89. The molecule has 144 valence electrons. The van der Waals surface area contributed by atoms with E-state index < -0.39 is 21.7 Å². The van der Waals surface area contributed by atoms with Gasteiger partial charge in [0.2, 0.25) is 10.0 Å². The van der Waals surface area contributed by atoms with Gasteiger partial charge >= 0.3 is 0 Å². The summed E-state index contributed by atoms with van der Waals surface area (Å²) >= 11 is 0. The van der Waals surface area contributed by atoms with Crippen LogP contribution in [0.15, 0.2) is 47.4 Å². The number of hydrogen-bond donors (Lipinski definition) is 1. The van der Waals surface area contributed by atoms with Crippen molar-refractivity contribution in [3.8, 4) is 0 Å². The van der Waals surface area contributed by atoms with E-state index in [0.29, 0.717) is 17.8 Å². The Kier molecular flexibility index (Phi) is 5.62. The summed E-state index contributed by atoms with van der Waals surface area (Å²) in [5.74, 6) is -0.898. The SMILES string of the molecule is Cc1ccc(NC(=O)c2cccc(S(=O)(=O)N3CCCCC3C)c2)cc1F. The second-order valence-electron chi connectivity index (χ2n) is 6.91. The fraction of sp³-hybridized carbons (Fsp3) is 0.350. The van der Waals surface area contributed by atoms with Gasteiger partial charge in [-0.15, -0.1) is 0 Å². The van der Waals surface area contributed by atoms with Gasteiger partial charge in [-0.05, 0) is 62.6 Å². The molecule has 1 aliphatic rings. The number of halogens is 1. The Morgan fingerprint density at radius 3 is 2.67 bits per heavy atom. The van der Waals surface area contributed by atoms with Crippen LogP contribution in [0.5, 0.6) is 0 Å². The number of aryl methyl sites for hydroxylation is 1. The first kappa shape index (κ1) is 19.5. The highest BCUT2D eigenvalue weighted by atomic mass is 32.2. The predicted octanol–water partition coefficient (Wildman–Crippen LogP) is 3.95. The van der Waals surface area contributed by atoms with Crippen LogP contribution in [0.1, 0.15) is 42.1 Å². The Bertz CT molecular complexity index is 959. The standard InChI is InChI=1S/C20H23FN2O3S/c1-14-9-10-17(13-19(14)21)22-20(24)16-7-5-8-18(12-16)27(25,26)23-11-4-3-6-15(23)2/h5,7-10,12-13,15H,3-4,6,11H2,1-2H3,(H,22,24). The summed E-state index contributed by atoms with van der Waals surface area (Å²) in [5.41, 5.74) is 1.01. The van der Waals surface area contributed by atoms with E-state index in [-0.39, 0.29) is 16.5 Å². The number of hydrogen-bond acceptors (Lipinski definition) is 3. The first-order valence-electron chi connectivity index (χ1n) is 8.98. The Labute approximate surface area is 159 Å². The number of amides is 1. The fourth-order valence-corrected chi connectivity index (χ4v) is 4.98. The minimum atomic E-state index is -3.66. The van der Waals surface area contributed by atoms with Gasteiger partial charge in [-0.3, -0.25) is 4.79 Å². The molecular formula is C20H23FN2O3S. The maximum atomic E-state index is 13.7. The van der Waals surface area contributed by atoms with Crippen molar-refractivity contribution in [3.63, 3.8) is 0 Å². The van der Waals surface area contributed by atoms with Gasteiger partial charge < -0.3 is 5.32 Å². The summed E-state index contributed by atoms with van der Waals surface area (Å²) in [6.45, 7) is 4.03. The Morgan fingerprint density at radius 2 is 1.96 bits per heavy atom. The number of nitrogens with one attached hydrogen (secondary N) is 1. The summed E-state index contributed by atoms with van der Waals surface area (Å²) in [6.07, 6.45) is 2.68. The molecule has 0 spiro atoms. The van der Waals surface area contributed by atoms with Crippen molar-refractivity contribution in [2.24, 2.45) is 0 Å². The van der Waals surface area contributed by atoms with Crippen LogP contribution in [0.25, 0.3) is 0 Å². The van der Waals surface area contributed by atoms with Crippen molar-refractivity contribution < 1.29 is 17.6 Å². The number of nitrogens with zero attached hydrogens (tertiary/aromatic N) is 1. The van der Waals surface area contributed by atoms with Crippen molar-refractivity contribution in [2.75, 3.05) is 11.9 Å². The summed E-state index contributed by atoms with van der Waals surface area (Å²) < 4.78 is 41.1. The quantitative estimate of drug-likeness (QED) is 0.860. The second-order valence-corrected chi connectivity index (χ2v) is 8.80. The molecule has 1 fully saturated rings. The predicted molar refractivity (Wildman–Crippen MR) is 103 cm³/mol. The first-order chi connectivity index (χ1) is 12.8. The molecule has 1 N–H and O–H groups in total. The molecule has 0 radical (unpaired) electrons. The highest BCUT2D eigenvalue weighted by Crippen LogP contribution is 2.26. The normalized spacial score (nSPS) is 18.3. The number of anilines is 1. The van der Waals surface area contributed by atoms with E-state index in [9.17, 15) is 17.6 Å². The lowest BCUT2D eigenvalue weighted by molar-refractivity contribution is 0.102. The summed E-state index contributed by atoms with van der Waals surface area (Å²) in [5, 5.41) is 2.61. The minimum absolute atomic E-state index is 0.0585. The van der Waals surface area contributed by atoms with Crippen LogP contribution in [0, 0.1) is 12.7 Å². The average molecular weight is 390 g/mol. The van der Waals surface area contributed by atoms with E-state index in [2.05, 4.69) is 5.32 Å². The first-order valence-corrected chi connectivity index (χ1v) is 10.4. The summed E-state index contributed by atoms with van der Waals surface area (Å²) in [4.78, 5) is 12.6. The molecule has 0 bridgehead atoms. The molecule has 1 saturated heterocycles. The van der Waals surface area contributed by atoms with Crippen LogP contribution in [-0.2, 0) is 10.0 Å². The molecular weight excluding hydrogens is 367 g/mol. The van der Waals surface area contributed by atoms with Gasteiger partial charge in [0.05, 0.1) is 4.90 Å². The van der Waals surface area contributed by atoms with Crippen molar-refractivity contribution in [1.29, 1.82) is 0 Å². The maximum Gasteiger partial charge on any atom is 0.255 e. The topological polar surface area (TPSA) is 66.5 Å². The van der Waals surface area contributed by atoms with Gasteiger partial charge in [-0.25, -0.2) is 12.8 Å². The Hall–Kier alpha value is -2.25. The third-order valence-electron chi connectivity index (χ3n) is 4.87. The molecule has 1 atom stereocenters. The third-order valence-corrected chi connectivity index (χ3v) is 6.88. The number of rotatable bonds is 4. The van der Waals surface area contributed by atoms with Crippen molar-refractivity contribution >= 4 is 21.6 Å². The number of carbonyl (C=O) groups excluding carboxylic acids is 1. The summed E-state index contributed by atoms with van der Waals surface area (Å²) in [7, 11) is -3.66. The van der Waals surface area contributed by atoms with Crippen LogP contribution >= 0.6 is 0 Å². The molecule has 7 heteroatoms. The smallest absolute Gasteiger partial charge is 0.255 e. The lowest BCUT2D eigenvalue weighted by Crippen LogP contribution is -2.41. The number of piperidine rings is 1. The van der Waals surface area contributed by atoms with E-state index in [1.165, 1.54) is 22.5 Å². The van der Waals surface area contributed by atoms with Crippen LogP contribution in [0.3, 0.4) is 0 Å². The zero-order valence-corrected chi connectivity index (χ0v) is 16.2. The third kappa shape index (κ3) is 4.20. The zero-order valence-electron chi connectivity index (χ0n) is 15.4. The lowest BCUT2D eigenvalue weighted by atomic mass is 10.1. The van der Waals surface area contributed by atoms with E-state index in [1.54, 1.807) is 31.2 Å². The number of benzene rings is 2. The van der Waals surface area contributed by atoms with Crippen molar-refractivity contribution in [1.82, 2.24) is 4.31 Å². The number of sulfonamides is 1. The largest absolute Gasteiger partial charge is 0.322 e. The van der Waals surface area contributed by atoms with Gasteiger partial charge in [0.1, 0.15) is 5.82 Å². The Balaban J connectivity index is 1.84. The highest BCUT2D eigenvalue weighted by Gasteiger charge is 2.31. The van der Waals surface area contributed by atoms with Crippen molar-refractivity contribution in [3.05, 3.63) is 59.4 Å². The van der Waals surface area contributed by atoms with E-state index >= 15 is 0 Å². The van der Waals surface area contributed by atoms with Crippen LogP contribution < -0.4 is 5.32 Å². The van der Waals surface area contributed by atoms with E-state index in [0.717, 1.165) is 19.3 Å². The molecule has 2 aromatic rings. The van der Waals surface area contributed by atoms with Gasteiger partial charge in [-0.1, -0.05) is 18.6 Å². The lowest BCUT2D eigenvalue weighted by Gasteiger charge is -2.32. The molecule has 1 aliphatic heterocycles. The molecule has 1 heterocycles. The molecule has 0 aromatic heterocycles. The molecule has 1 unspecified atom stereocenters. The van der Waals surface area contributed by atoms with Crippen LogP contribution in [-0.4, -0.2) is 31.2 Å². The fourth-order valence-electron chi connectivity index (χ4n) is 3.24. The molecule has 3 rings (SSSR count). The molecule has 2 aromatic carbocycles. The van der Waals surface area contributed by atoms with Gasteiger partial charge in [0, 0.05) is 23.8 Å². The zero-order chi connectivity index (χ0) is 19.6. The van der Waals surface area contributed by atoms with Crippen molar-refractivity contribution in [2.45, 2.75) is 44.0 Å². The maximum absolute atomic E-state index is 13.7. The van der Waals surface area contributed by atoms with Crippen LogP contribution in [0.4, 0.5) is 10.1 Å². The van der Waals surface area contributed by atoms with Gasteiger partial charge in [-0.2, -0.15) is 4.31 Å².